The number of anilines is 2. The molecule has 0 bridgehead atoms. The maximum absolute atomic E-state index is 4.96. The Balaban J connectivity index is 0.000000102. The quantitative estimate of drug-likeness (QED) is 0.0596. The second kappa shape index (κ2) is 30.6. The summed E-state index contributed by atoms with van der Waals surface area (Å²) >= 11 is 0. The van der Waals surface area contributed by atoms with E-state index in [1.54, 1.807) is 55.9 Å². The van der Waals surface area contributed by atoms with E-state index in [1.807, 2.05) is 122 Å². The number of rotatable bonds is 11. The number of likely N-dealkylation sites (N-methyl/N-ethyl adjacent to an activating group) is 1. The molecule has 0 aliphatic carbocycles. The summed E-state index contributed by atoms with van der Waals surface area (Å²) in [4.78, 5) is 96.8. The van der Waals surface area contributed by atoms with E-state index in [1.165, 1.54) is 19.3 Å². The Labute approximate surface area is 676 Å². The molecule has 0 amide bonds. The molecule has 0 atom stereocenters. The van der Waals surface area contributed by atoms with Crippen LogP contribution in [-0.4, -0.2) is 201 Å². The molecule has 2 aliphatic heterocycles. The molecule has 0 radical (unpaired) electrons. The van der Waals surface area contributed by atoms with E-state index in [4.69, 9.17) is 15.0 Å². The number of aromatic amines is 8. The normalized spacial score (nSPS) is 13.3. The number of H-pyrrole nitrogens is 8. The van der Waals surface area contributed by atoms with Crippen LogP contribution in [0, 0.1) is 34.6 Å². The molecule has 2 fully saturated rings. The molecule has 23 heterocycles. The number of nitrogens with zero attached hydrogens (tertiary/aromatic N) is 25. The van der Waals surface area contributed by atoms with Gasteiger partial charge >= 0.3 is 0 Å². The van der Waals surface area contributed by atoms with E-state index in [0.29, 0.717) is 34.2 Å². The Morgan fingerprint density at radius 1 is 0.319 bits per heavy atom. The number of hydrogen-bond donors (Lipinski definition) is 8. The Morgan fingerprint density at radius 3 is 1.04 bits per heavy atom. The van der Waals surface area contributed by atoms with Crippen LogP contribution in [0.25, 0.3) is 185 Å². The van der Waals surface area contributed by atoms with Crippen LogP contribution in [0.2, 0.25) is 0 Å². The van der Waals surface area contributed by atoms with Crippen LogP contribution in [0.15, 0.2) is 191 Å². The molecule has 119 heavy (non-hydrogen) atoms. The van der Waals surface area contributed by atoms with Crippen molar-refractivity contribution in [3.63, 3.8) is 0 Å². The number of nitrogens with one attached hydrogen (secondary N) is 8. The summed E-state index contributed by atoms with van der Waals surface area (Å²) < 4.78 is 1.92. The fraction of sp³-hybridized carbons (Fsp3) is 0.174. The molecule has 584 valence electrons. The summed E-state index contributed by atoms with van der Waals surface area (Å²) in [5, 5.41) is 33.5. The van der Waals surface area contributed by atoms with E-state index in [-0.39, 0.29) is 0 Å². The molecule has 8 N–H and O–H groups in total. The van der Waals surface area contributed by atoms with E-state index in [2.05, 4.69) is 204 Å². The summed E-state index contributed by atoms with van der Waals surface area (Å²) in [6.45, 7) is 16.3. The molecular weight excluding hydrogens is 1500 g/mol. The monoisotopic (exact) mass is 1570 g/mol. The Bertz CT molecular complexity index is 7310. The van der Waals surface area contributed by atoms with E-state index in [0.717, 1.165) is 229 Å². The smallest absolute Gasteiger partial charge is 0.181 e. The summed E-state index contributed by atoms with van der Waals surface area (Å²) in [6, 6.07) is 18.2. The minimum atomic E-state index is 0.629. The van der Waals surface area contributed by atoms with Crippen molar-refractivity contribution in [3.05, 3.63) is 219 Å². The molecule has 0 aromatic carbocycles. The lowest BCUT2D eigenvalue weighted by Crippen LogP contribution is -2.44. The number of hydrogen-bond acceptors (Lipinski definition) is 24. The molecule has 23 rings (SSSR count). The van der Waals surface area contributed by atoms with Crippen molar-refractivity contribution in [1.82, 2.24) is 155 Å². The van der Waals surface area contributed by atoms with Crippen molar-refractivity contribution in [2.24, 2.45) is 0 Å². The van der Waals surface area contributed by atoms with E-state index in [9.17, 15) is 0 Å². The van der Waals surface area contributed by atoms with Crippen LogP contribution >= 0.6 is 0 Å². The summed E-state index contributed by atoms with van der Waals surface area (Å²) in [5.74, 6) is 2.86. The van der Waals surface area contributed by atoms with E-state index < -0.39 is 0 Å². The molecule has 0 unspecified atom stereocenters. The average Bonchev–Trinajstić information content (AvgIpc) is 1.64. The van der Waals surface area contributed by atoms with Crippen molar-refractivity contribution in [1.29, 1.82) is 0 Å². The number of pyridine rings is 12. The molecule has 33 nitrogen and oxygen atoms in total. The first-order valence-electron chi connectivity index (χ1n) is 38.9. The van der Waals surface area contributed by atoms with Gasteiger partial charge < -0.3 is 39.2 Å². The molecule has 0 spiro atoms. The third-order valence-electron chi connectivity index (χ3n) is 21.9. The maximum Gasteiger partial charge on any atom is 0.181 e. The summed E-state index contributed by atoms with van der Waals surface area (Å²) in [6.07, 6.45) is 43.9. The third kappa shape index (κ3) is 13.9. The van der Waals surface area contributed by atoms with Gasteiger partial charge in [0.05, 0.1) is 122 Å². The van der Waals surface area contributed by atoms with Crippen LogP contribution < -0.4 is 9.80 Å². The second-order valence-corrected chi connectivity index (χ2v) is 29.7. The van der Waals surface area contributed by atoms with Crippen LogP contribution in [-0.2, 0) is 0 Å². The maximum atomic E-state index is 4.96. The molecule has 2 saturated heterocycles. The van der Waals surface area contributed by atoms with Gasteiger partial charge in [-0.2, -0.15) is 20.4 Å². The zero-order chi connectivity index (χ0) is 80.2. The van der Waals surface area contributed by atoms with Gasteiger partial charge in [-0.3, -0.25) is 60.3 Å². The lowest BCUT2D eigenvalue weighted by atomic mass is 10.0. The molecule has 21 aromatic heterocycles. The number of imidazole rings is 5. The van der Waals surface area contributed by atoms with Crippen molar-refractivity contribution in [3.8, 4) is 96.3 Å². The number of fused-ring (bicyclic) bond motifs is 8. The van der Waals surface area contributed by atoms with Gasteiger partial charge in [0.1, 0.15) is 39.3 Å². The lowest BCUT2D eigenvalue weighted by molar-refractivity contribution is 0.313. The highest BCUT2D eigenvalue weighted by Crippen LogP contribution is 2.38. The molecule has 0 saturated carbocycles. The largest absolute Gasteiger partial charge is 0.368 e. The van der Waals surface area contributed by atoms with Crippen molar-refractivity contribution in [2.75, 3.05) is 56.1 Å². The average molecular weight is 1570 g/mol. The lowest BCUT2D eigenvalue weighted by Gasteiger charge is -2.33. The zero-order valence-corrected chi connectivity index (χ0v) is 65.4. The first-order valence-corrected chi connectivity index (χ1v) is 38.9. The van der Waals surface area contributed by atoms with Crippen LogP contribution in [0.3, 0.4) is 0 Å². The van der Waals surface area contributed by atoms with Crippen molar-refractivity contribution in [2.45, 2.75) is 53.9 Å². The minimum absolute atomic E-state index is 0.629. The van der Waals surface area contributed by atoms with Gasteiger partial charge in [-0.05, 0) is 138 Å². The minimum Gasteiger partial charge on any atom is -0.368 e. The first-order chi connectivity index (χ1) is 58.4. The molecule has 33 heteroatoms. The fourth-order valence-corrected chi connectivity index (χ4v) is 15.4. The van der Waals surface area contributed by atoms with Gasteiger partial charge in [0.2, 0.25) is 0 Å². The number of aryl methyl sites for hydroxylation is 5. The van der Waals surface area contributed by atoms with Crippen molar-refractivity contribution >= 4 is 99.6 Å². The van der Waals surface area contributed by atoms with E-state index >= 15 is 0 Å². The highest BCUT2D eigenvalue weighted by atomic mass is 15.3. The van der Waals surface area contributed by atoms with Gasteiger partial charge in [-0.25, -0.2) is 44.9 Å². The van der Waals surface area contributed by atoms with Gasteiger partial charge in [0.15, 0.2) is 45.9 Å². The Kier molecular flexibility index (Phi) is 18.6. The van der Waals surface area contributed by atoms with Gasteiger partial charge in [-0.15, -0.1) is 0 Å². The van der Waals surface area contributed by atoms with Gasteiger partial charge in [0, 0.05) is 171 Å². The molecule has 21 aromatic rings. The highest BCUT2D eigenvalue weighted by Gasteiger charge is 2.25. The predicted octanol–water partition coefficient (Wildman–Crippen LogP) is 14.3. The van der Waals surface area contributed by atoms with Crippen LogP contribution in [0.5, 0.6) is 0 Å². The highest BCUT2D eigenvalue weighted by molar-refractivity contribution is 6.00. The van der Waals surface area contributed by atoms with Crippen LogP contribution in [0.4, 0.5) is 11.4 Å². The Hall–Kier alpha value is -15.7. The number of piperidine rings is 1. The third-order valence-corrected chi connectivity index (χ3v) is 21.9. The molecule has 2 aliphatic rings. The summed E-state index contributed by atoms with van der Waals surface area (Å²) in [7, 11) is 2.15. The standard InChI is InChI=1S/C23H23N9.C23H22N8.C22H17N9.C18H13N7/c1-14-3-4-24-11-17(14)15-9-16-20(29-30-22(16)26-10-15)23-27-18-12-25-13-19(21(18)28-23)32-7-5-31(2)6-8-32;1-14-5-6-24-11-17(14)15-9-16-20(29-30-22(16)26-10-15)23-27-18-12-25-13-19(21(18)28-23)31-7-3-2-4-8-31;1-12-3-4-23-7-16(12)14-5-15-19(29-30-21(15)25-6-14)22-27-17-8-24-9-18(20(17)28-22)31-10-13(2)26-11-31;1-10-2-4-19-8-13(10)11-6-12-16(24-25-17(12)21-7-11)18-22-14-3-5-20-9-15(14)23-18/h3-4,9-13H,5-8H2,1-2H3,(H,27,28)(H,26,29,30);5-6,9-13H,2-4,7-8H2,1H3,(H,27,28)(H,26,29,30);3-11H,1-2H3,(H,27,28)(H,25,29,30);2-9H,1H3,(H,22,23)(H,21,24,25). The number of aromatic nitrogens is 30. The number of piperazine rings is 1. The zero-order valence-electron chi connectivity index (χ0n) is 65.4. The van der Waals surface area contributed by atoms with Crippen LogP contribution in [0.1, 0.15) is 47.2 Å². The second-order valence-electron chi connectivity index (χ2n) is 29.7. The SMILES string of the molecule is Cc1ccncc1-c1cnc2n[nH]c(-c3nc4c(N5CCCCC5)cncc4[nH]3)c2c1.Cc1ccncc1-c1cnc2n[nH]c(-c3nc4c(N5CCN(C)CC5)cncc4[nH]3)c2c1.Cc1ccncc1-c1cnc2n[nH]c(-c3nc4ccncc4[nH]3)c2c1.Cc1cn(-c2cncc3[nH]c(-c4[nH]nc5ncc(-c6cnccc6C)cc45)nc23)cn1. The van der Waals surface area contributed by atoms with Crippen molar-refractivity contribution < 1.29 is 0 Å². The summed E-state index contributed by atoms with van der Waals surface area (Å²) in [5.41, 5.74) is 29.6. The topological polar surface area (TPSA) is 412 Å². The fourth-order valence-electron chi connectivity index (χ4n) is 15.4. The molecular formula is C86H75N33. The Morgan fingerprint density at radius 2 is 0.664 bits per heavy atom. The predicted molar refractivity (Wildman–Crippen MR) is 457 cm³/mol. The first kappa shape index (κ1) is 72.3. The van der Waals surface area contributed by atoms with Gasteiger partial charge in [0.25, 0.3) is 0 Å². The van der Waals surface area contributed by atoms with Gasteiger partial charge in [-0.1, -0.05) is 0 Å².